The van der Waals surface area contributed by atoms with Gasteiger partial charge in [0.1, 0.15) is 0 Å². The molecule has 2 nitrogen and oxygen atoms in total. The van der Waals surface area contributed by atoms with Crippen molar-refractivity contribution in [2.75, 3.05) is 26.4 Å². The van der Waals surface area contributed by atoms with E-state index >= 15 is 0 Å². The van der Waals surface area contributed by atoms with Gasteiger partial charge in [0, 0.05) is 0 Å². The van der Waals surface area contributed by atoms with Crippen molar-refractivity contribution in [3.05, 3.63) is 0 Å². The van der Waals surface area contributed by atoms with E-state index in [1.807, 2.05) is 0 Å². The predicted molar refractivity (Wildman–Crippen MR) is 24.1 cm³/mol. The van der Waals surface area contributed by atoms with Crippen molar-refractivity contribution in [1.82, 2.24) is 0 Å². The fourth-order valence-electron chi connectivity index (χ4n) is 0.948. The first-order chi connectivity index (χ1) is 3.41. The van der Waals surface area contributed by atoms with Crippen molar-refractivity contribution in [1.29, 1.82) is 0 Å². The van der Waals surface area contributed by atoms with Crippen LogP contribution >= 0.6 is 0 Å². The maximum Gasteiger partial charge on any atom is 0.0637 e. The van der Waals surface area contributed by atoms with Gasteiger partial charge in [-0.3, -0.25) is 0 Å². The molecule has 2 rings (SSSR count). The Morgan fingerprint density at radius 2 is 1.29 bits per heavy atom. The molecule has 0 bridgehead atoms. The lowest BCUT2D eigenvalue weighted by Crippen LogP contribution is -2.56. The molecule has 2 fully saturated rings. The van der Waals surface area contributed by atoms with Gasteiger partial charge in [-0.1, -0.05) is 0 Å². The van der Waals surface area contributed by atoms with Crippen LogP contribution in [0.25, 0.3) is 0 Å². The molecule has 2 heteroatoms. The van der Waals surface area contributed by atoms with Crippen LogP contribution in [-0.4, -0.2) is 26.4 Å². The molecule has 0 unspecified atom stereocenters. The topological polar surface area (TPSA) is 18.5 Å². The van der Waals surface area contributed by atoms with Crippen molar-refractivity contribution in [3.63, 3.8) is 0 Å². The highest BCUT2D eigenvalue weighted by atomic mass is 16.5. The lowest BCUT2D eigenvalue weighted by molar-refractivity contribution is -0.244. The van der Waals surface area contributed by atoms with Crippen LogP contribution in [0.4, 0.5) is 0 Å². The van der Waals surface area contributed by atoms with Crippen molar-refractivity contribution < 1.29 is 9.47 Å². The zero-order valence-electron chi connectivity index (χ0n) is 4.14. The van der Waals surface area contributed by atoms with Gasteiger partial charge in [-0.15, -0.1) is 0 Å². The van der Waals surface area contributed by atoms with Crippen molar-refractivity contribution in [2.24, 2.45) is 5.41 Å². The normalized spacial score (nSPS) is 34.3. The van der Waals surface area contributed by atoms with Crippen molar-refractivity contribution in [3.8, 4) is 0 Å². The SMILES string of the molecule is C1OCC12COC2. The van der Waals surface area contributed by atoms with E-state index in [-0.39, 0.29) is 0 Å². The maximum absolute atomic E-state index is 5.00. The van der Waals surface area contributed by atoms with E-state index in [2.05, 4.69) is 0 Å². The van der Waals surface area contributed by atoms with Gasteiger partial charge in [0.25, 0.3) is 0 Å². The lowest BCUT2D eigenvalue weighted by Gasteiger charge is -2.47. The van der Waals surface area contributed by atoms with E-state index < -0.39 is 0 Å². The summed E-state index contributed by atoms with van der Waals surface area (Å²) in [7, 11) is 0. The second kappa shape index (κ2) is 1.01. The Hall–Kier alpha value is -0.0800. The minimum absolute atomic E-state index is 0.500. The Morgan fingerprint density at radius 1 is 0.857 bits per heavy atom. The molecule has 40 valence electrons. The van der Waals surface area contributed by atoms with E-state index in [4.69, 9.17) is 9.47 Å². The van der Waals surface area contributed by atoms with E-state index in [1.54, 1.807) is 0 Å². The van der Waals surface area contributed by atoms with Gasteiger partial charge in [0.05, 0.1) is 31.8 Å². The smallest absolute Gasteiger partial charge is 0.0637 e. The zero-order chi connectivity index (χ0) is 4.74. The molecule has 2 aliphatic heterocycles. The number of rotatable bonds is 0. The molecule has 0 saturated carbocycles. The highest BCUT2D eigenvalue weighted by Crippen LogP contribution is 2.34. The molecular formula is C5H8O2. The first-order valence-corrected chi connectivity index (χ1v) is 2.57. The molecule has 2 heterocycles. The first-order valence-electron chi connectivity index (χ1n) is 2.57. The van der Waals surface area contributed by atoms with E-state index in [0.717, 1.165) is 26.4 Å². The minimum Gasteiger partial charge on any atom is -0.380 e. The zero-order valence-corrected chi connectivity index (χ0v) is 4.14. The maximum atomic E-state index is 5.00. The molecule has 1 spiro atoms. The van der Waals surface area contributed by atoms with E-state index in [0.29, 0.717) is 5.41 Å². The molecule has 0 amide bonds. The summed E-state index contributed by atoms with van der Waals surface area (Å²) < 4.78 is 10.0. The predicted octanol–water partition coefficient (Wildman–Crippen LogP) is 0.0332. The van der Waals surface area contributed by atoms with Crippen LogP contribution in [0.3, 0.4) is 0 Å². The van der Waals surface area contributed by atoms with E-state index in [1.165, 1.54) is 0 Å². The van der Waals surface area contributed by atoms with Gasteiger partial charge in [-0.05, 0) is 0 Å². The Kier molecular flexibility index (Phi) is 0.557. The third-order valence-corrected chi connectivity index (χ3v) is 1.63. The Morgan fingerprint density at radius 3 is 1.29 bits per heavy atom. The number of hydrogen-bond acceptors (Lipinski definition) is 2. The molecule has 7 heavy (non-hydrogen) atoms. The second-order valence-corrected chi connectivity index (χ2v) is 2.49. The highest BCUT2D eigenvalue weighted by Gasteiger charge is 2.45. The summed E-state index contributed by atoms with van der Waals surface area (Å²) in [5, 5.41) is 0. The van der Waals surface area contributed by atoms with Crippen LogP contribution in [0.1, 0.15) is 0 Å². The van der Waals surface area contributed by atoms with Crippen LogP contribution in [0, 0.1) is 5.41 Å². The second-order valence-electron chi connectivity index (χ2n) is 2.49. The average Bonchev–Trinajstić information content (AvgIpc) is 1.20. The van der Waals surface area contributed by atoms with Gasteiger partial charge in [0.15, 0.2) is 0 Å². The largest absolute Gasteiger partial charge is 0.380 e. The molecule has 2 aliphatic rings. The minimum atomic E-state index is 0.500. The Balaban J connectivity index is 2.00. The first kappa shape index (κ1) is 3.87. The number of hydrogen-bond donors (Lipinski definition) is 0. The molecular weight excluding hydrogens is 92.1 g/mol. The van der Waals surface area contributed by atoms with Gasteiger partial charge in [-0.25, -0.2) is 0 Å². The third kappa shape index (κ3) is 0.359. The fraction of sp³-hybridized carbons (Fsp3) is 1.00. The van der Waals surface area contributed by atoms with Crippen molar-refractivity contribution >= 4 is 0 Å². The summed E-state index contributed by atoms with van der Waals surface area (Å²) in [4.78, 5) is 0. The third-order valence-electron chi connectivity index (χ3n) is 1.63. The van der Waals surface area contributed by atoms with Gasteiger partial charge in [0.2, 0.25) is 0 Å². The summed E-state index contributed by atoms with van der Waals surface area (Å²) in [5.74, 6) is 0. The Bertz CT molecular complexity index is 66.6. The molecule has 0 aromatic carbocycles. The lowest BCUT2D eigenvalue weighted by atomic mass is 9.84. The van der Waals surface area contributed by atoms with Crippen LogP contribution in [0.2, 0.25) is 0 Å². The molecule has 0 aromatic rings. The van der Waals surface area contributed by atoms with Crippen LogP contribution in [0.5, 0.6) is 0 Å². The van der Waals surface area contributed by atoms with Gasteiger partial charge < -0.3 is 9.47 Å². The van der Waals surface area contributed by atoms with Crippen LogP contribution < -0.4 is 0 Å². The molecule has 0 radical (unpaired) electrons. The molecule has 0 atom stereocenters. The monoisotopic (exact) mass is 100 g/mol. The summed E-state index contributed by atoms with van der Waals surface area (Å²) in [6.07, 6.45) is 0. The van der Waals surface area contributed by atoms with Crippen LogP contribution in [-0.2, 0) is 9.47 Å². The quantitative estimate of drug-likeness (QED) is 0.427. The van der Waals surface area contributed by atoms with E-state index in [9.17, 15) is 0 Å². The van der Waals surface area contributed by atoms with Gasteiger partial charge >= 0.3 is 0 Å². The molecule has 0 aromatic heterocycles. The summed E-state index contributed by atoms with van der Waals surface area (Å²) in [6, 6.07) is 0. The van der Waals surface area contributed by atoms with Crippen LogP contribution in [0.15, 0.2) is 0 Å². The summed E-state index contributed by atoms with van der Waals surface area (Å²) in [6.45, 7) is 3.75. The molecule has 2 saturated heterocycles. The average molecular weight is 100 g/mol. The Labute approximate surface area is 42.4 Å². The molecule has 0 aliphatic carbocycles. The fourth-order valence-corrected chi connectivity index (χ4v) is 0.948. The standard InChI is InChI=1S/C5H8O2/c1-5(2-6-1)3-7-4-5/h1-4H2. The molecule has 0 N–H and O–H groups in total. The number of ether oxygens (including phenoxy) is 2. The highest BCUT2D eigenvalue weighted by molar-refractivity contribution is 4.90. The van der Waals surface area contributed by atoms with Gasteiger partial charge in [-0.2, -0.15) is 0 Å². The van der Waals surface area contributed by atoms with Crippen molar-refractivity contribution in [2.45, 2.75) is 0 Å². The summed E-state index contributed by atoms with van der Waals surface area (Å²) in [5.41, 5.74) is 0.500. The summed E-state index contributed by atoms with van der Waals surface area (Å²) >= 11 is 0.